The van der Waals surface area contributed by atoms with Crippen LogP contribution in [0.5, 0.6) is 0 Å². The minimum Gasteiger partial charge on any atom is -0.478 e. The van der Waals surface area contributed by atoms with Gasteiger partial charge in [0.2, 0.25) is 5.91 Å². The maximum absolute atomic E-state index is 12.0. The molecular weight excluding hydrogens is 292 g/mol. The van der Waals surface area contributed by atoms with E-state index in [0.29, 0.717) is 25.8 Å². The summed E-state index contributed by atoms with van der Waals surface area (Å²) in [6.07, 6.45) is 3.06. The van der Waals surface area contributed by atoms with Crippen molar-refractivity contribution < 1.29 is 24.2 Å². The lowest BCUT2D eigenvalue weighted by molar-refractivity contribution is -0.131. The number of nitrogens with zero attached hydrogens (tertiary/aromatic N) is 2. The summed E-state index contributed by atoms with van der Waals surface area (Å²) >= 11 is 0. The van der Waals surface area contributed by atoms with E-state index in [9.17, 15) is 14.4 Å². The summed E-state index contributed by atoms with van der Waals surface area (Å²) < 4.78 is 6.32. The normalized spacial score (nSPS) is 10.6. The molecule has 0 unspecified atom stereocenters. The van der Waals surface area contributed by atoms with Crippen molar-refractivity contribution in [2.24, 2.45) is 0 Å². The number of ether oxygens (including phenoxy) is 1. The van der Waals surface area contributed by atoms with Gasteiger partial charge in [0.25, 0.3) is 5.91 Å². The van der Waals surface area contributed by atoms with Crippen LogP contribution in [0.4, 0.5) is 5.69 Å². The number of aromatic nitrogens is 2. The molecule has 0 saturated heterocycles. The highest BCUT2D eigenvalue weighted by Gasteiger charge is 2.17. The molecule has 1 heterocycles. The third-order valence-corrected chi connectivity index (χ3v) is 2.53. The van der Waals surface area contributed by atoms with Crippen molar-refractivity contribution in [1.82, 2.24) is 15.1 Å². The molecule has 2 amide bonds. The zero-order valence-corrected chi connectivity index (χ0v) is 12.3. The fourth-order valence-electron chi connectivity index (χ4n) is 1.51. The molecule has 0 bridgehead atoms. The van der Waals surface area contributed by atoms with Crippen LogP contribution in [-0.2, 0) is 20.9 Å². The summed E-state index contributed by atoms with van der Waals surface area (Å²) in [6.45, 7) is 3.00. The zero-order chi connectivity index (χ0) is 16.5. The Morgan fingerprint density at radius 2 is 2.14 bits per heavy atom. The number of carboxylic acid groups (broad SMARTS) is 1. The van der Waals surface area contributed by atoms with E-state index >= 15 is 0 Å². The van der Waals surface area contributed by atoms with E-state index in [1.807, 2.05) is 6.92 Å². The average Bonchev–Trinajstić information content (AvgIpc) is 2.88. The first-order valence-corrected chi connectivity index (χ1v) is 6.54. The number of hydrogen-bond acceptors (Lipinski definition) is 5. The van der Waals surface area contributed by atoms with Crippen LogP contribution in [0.3, 0.4) is 0 Å². The second kappa shape index (κ2) is 8.57. The number of nitrogens with one attached hydrogen (secondary N) is 2. The largest absolute Gasteiger partial charge is 0.478 e. The van der Waals surface area contributed by atoms with E-state index in [4.69, 9.17) is 9.84 Å². The van der Waals surface area contributed by atoms with Crippen LogP contribution in [0.1, 0.15) is 17.4 Å². The lowest BCUT2D eigenvalue weighted by Gasteiger charge is -2.04. The van der Waals surface area contributed by atoms with Crippen LogP contribution in [0, 0.1) is 0 Å². The molecule has 9 heteroatoms. The van der Waals surface area contributed by atoms with Crippen LogP contribution < -0.4 is 10.6 Å². The SMILES string of the molecule is CCn1cc(NC(=O)C=CC(=O)O)c(C(=O)NCCOC)n1. The predicted octanol–water partition coefficient (Wildman–Crippen LogP) is -0.141. The summed E-state index contributed by atoms with van der Waals surface area (Å²) in [4.78, 5) is 34.0. The van der Waals surface area contributed by atoms with Gasteiger partial charge in [-0.15, -0.1) is 0 Å². The molecule has 1 aromatic rings. The molecule has 0 spiro atoms. The van der Waals surface area contributed by atoms with Crippen molar-refractivity contribution in [3.05, 3.63) is 24.0 Å². The van der Waals surface area contributed by atoms with Crippen LogP contribution in [0.2, 0.25) is 0 Å². The fourth-order valence-corrected chi connectivity index (χ4v) is 1.51. The number of anilines is 1. The zero-order valence-electron chi connectivity index (χ0n) is 12.3. The Morgan fingerprint density at radius 1 is 1.41 bits per heavy atom. The number of aryl methyl sites for hydroxylation is 1. The van der Waals surface area contributed by atoms with Gasteiger partial charge >= 0.3 is 5.97 Å². The molecule has 0 aliphatic heterocycles. The summed E-state index contributed by atoms with van der Waals surface area (Å²) in [6, 6.07) is 0. The van der Waals surface area contributed by atoms with Gasteiger partial charge in [-0.05, 0) is 6.92 Å². The van der Waals surface area contributed by atoms with Gasteiger partial charge in [-0.25, -0.2) is 4.79 Å². The standard InChI is InChI=1S/C13H18N4O5/c1-3-17-8-9(15-10(18)4-5-11(19)20)12(16-17)13(21)14-6-7-22-2/h4-5,8H,3,6-7H2,1-2H3,(H,14,21)(H,15,18)(H,19,20). The number of carbonyl (C=O) groups is 3. The third kappa shape index (κ3) is 5.37. The Labute approximate surface area is 126 Å². The Balaban J connectivity index is 2.84. The van der Waals surface area contributed by atoms with E-state index < -0.39 is 17.8 Å². The topological polar surface area (TPSA) is 123 Å². The molecule has 1 rings (SSSR count). The van der Waals surface area contributed by atoms with Crippen LogP contribution in [-0.4, -0.2) is 52.9 Å². The lowest BCUT2D eigenvalue weighted by Crippen LogP contribution is -2.28. The molecule has 0 radical (unpaired) electrons. The van der Waals surface area contributed by atoms with E-state index in [1.54, 1.807) is 0 Å². The van der Waals surface area contributed by atoms with Gasteiger partial charge in [-0.1, -0.05) is 0 Å². The number of carbonyl (C=O) groups excluding carboxylic acids is 2. The molecule has 0 aliphatic rings. The van der Waals surface area contributed by atoms with E-state index in [2.05, 4.69) is 15.7 Å². The summed E-state index contributed by atoms with van der Waals surface area (Å²) in [7, 11) is 1.51. The maximum Gasteiger partial charge on any atom is 0.328 e. The molecule has 0 aromatic carbocycles. The highest BCUT2D eigenvalue weighted by Crippen LogP contribution is 2.14. The molecule has 0 atom stereocenters. The van der Waals surface area contributed by atoms with Gasteiger partial charge < -0.3 is 20.5 Å². The fraction of sp³-hybridized carbons (Fsp3) is 0.385. The van der Waals surface area contributed by atoms with Gasteiger partial charge in [0, 0.05) is 38.5 Å². The van der Waals surface area contributed by atoms with E-state index in [-0.39, 0.29) is 11.4 Å². The molecule has 3 N–H and O–H groups in total. The van der Waals surface area contributed by atoms with Gasteiger partial charge in [0.05, 0.1) is 12.3 Å². The Hall–Kier alpha value is -2.68. The Morgan fingerprint density at radius 3 is 2.73 bits per heavy atom. The number of aliphatic carboxylic acids is 1. The molecule has 1 aromatic heterocycles. The van der Waals surface area contributed by atoms with Crippen LogP contribution in [0.25, 0.3) is 0 Å². The summed E-state index contributed by atoms with van der Waals surface area (Å²) in [5.74, 6) is -2.36. The highest BCUT2D eigenvalue weighted by molar-refractivity contribution is 6.06. The quantitative estimate of drug-likeness (QED) is 0.453. The first-order chi connectivity index (χ1) is 10.5. The van der Waals surface area contributed by atoms with Gasteiger partial charge in [-0.3, -0.25) is 14.3 Å². The maximum atomic E-state index is 12.0. The minimum absolute atomic E-state index is 0.0510. The monoisotopic (exact) mass is 310 g/mol. The minimum atomic E-state index is -1.24. The van der Waals surface area contributed by atoms with Crippen molar-refractivity contribution >= 4 is 23.5 Å². The number of hydrogen-bond donors (Lipinski definition) is 3. The number of rotatable bonds is 8. The first-order valence-electron chi connectivity index (χ1n) is 6.54. The van der Waals surface area contributed by atoms with Gasteiger partial charge in [0.15, 0.2) is 5.69 Å². The molecule has 120 valence electrons. The lowest BCUT2D eigenvalue weighted by atomic mass is 10.3. The number of carboxylic acids is 1. The molecule has 22 heavy (non-hydrogen) atoms. The van der Waals surface area contributed by atoms with Crippen molar-refractivity contribution in [2.45, 2.75) is 13.5 Å². The van der Waals surface area contributed by atoms with Gasteiger partial charge in [-0.2, -0.15) is 5.10 Å². The van der Waals surface area contributed by atoms with Crippen LogP contribution >= 0.6 is 0 Å². The van der Waals surface area contributed by atoms with Crippen molar-refractivity contribution in [1.29, 1.82) is 0 Å². The Bertz CT molecular complexity index is 579. The molecular formula is C13H18N4O5. The molecule has 0 fully saturated rings. The second-order valence-corrected chi connectivity index (χ2v) is 4.16. The van der Waals surface area contributed by atoms with Crippen molar-refractivity contribution in [3.63, 3.8) is 0 Å². The Kier molecular flexibility index (Phi) is 6.77. The molecule has 0 saturated carbocycles. The average molecular weight is 310 g/mol. The number of methoxy groups -OCH3 is 1. The predicted molar refractivity (Wildman–Crippen MR) is 77.5 cm³/mol. The smallest absolute Gasteiger partial charge is 0.328 e. The highest BCUT2D eigenvalue weighted by atomic mass is 16.5. The second-order valence-electron chi connectivity index (χ2n) is 4.16. The summed E-state index contributed by atoms with van der Waals surface area (Å²) in [5, 5.41) is 17.6. The van der Waals surface area contributed by atoms with E-state index in [1.165, 1.54) is 18.0 Å². The molecule has 9 nitrogen and oxygen atoms in total. The van der Waals surface area contributed by atoms with Crippen molar-refractivity contribution in [3.8, 4) is 0 Å². The van der Waals surface area contributed by atoms with Gasteiger partial charge in [0.1, 0.15) is 0 Å². The van der Waals surface area contributed by atoms with E-state index in [0.717, 1.165) is 6.08 Å². The molecule has 0 aliphatic carbocycles. The first kappa shape index (κ1) is 17.4. The third-order valence-electron chi connectivity index (χ3n) is 2.53. The summed E-state index contributed by atoms with van der Waals surface area (Å²) in [5.41, 5.74) is 0.256. The van der Waals surface area contributed by atoms with Crippen molar-refractivity contribution in [2.75, 3.05) is 25.6 Å². The number of amides is 2. The van der Waals surface area contributed by atoms with Crippen LogP contribution in [0.15, 0.2) is 18.3 Å².